The maximum absolute atomic E-state index is 12.9. The van der Waals surface area contributed by atoms with Gasteiger partial charge in [-0.2, -0.15) is 0 Å². The van der Waals surface area contributed by atoms with E-state index in [1.165, 1.54) is 23.1 Å². The zero-order valence-corrected chi connectivity index (χ0v) is 17.1. The summed E-state index contributed by atoms with van der Waals surface area (Å²) < 4.78 is 39.4. The molecule has 1 N–H and O–H groups in total. The van der Waals surface area contributed by atoms with Gasteiger partial charge in [0, 0.05) is 18.9 Å². The summed E-state index contributed by atoms with van der Waals surface area (Å²) in [6, 6.07) is 14.1. The molecule has 0 bridgehead atoms. The van der Waals surface area contributed by atoms with Gasteiger partial charge in [-0.05, 0) is 61.5 Å². The fourth-order valence-electron chi connectivity index (χ4n) is 3.04. The van der Waals surface area contributed by atoms with E-state index in [9.17, 15) is 13.2 Å². The van der Waals surface area contributed by atoms with Crippen LogP contribution in [0, 0.1) is 0 Å². The Morgan fingerprint density at radius 3 is 2.60 bits per heavy atom. The maximum Gasteiger partial charge on any atom is 0.263 e. The Morgan fingerprint density at radius 1 is 1.10 bits per heavy atom. The van der Waals surface area contributed by atoms with Crippen LogP contribution >= 0.6 is 0 Å². The van der Waals surface area contributed by atoms with Gasteiger partial charge in [-0.25, -0.2) is 13.4 Å². The van der Waals surface area contributed by atoms with Crippen molar-refractivity contribution in [2.24, 2.45) is 0 Å². The van der Waals surface area contributed by atoms with Crippen molar-refractivity contribution >= 4 is 27.4 Å². The Balaban J connectivity index is 1.66. The number of ether oxygens (including phenoxy) is 2. The lowest BCUT2D eigenvalue weighted by Gasteiger charge is -2.14. The van der Waals surface area contributed by atoms with E-state index in [-0.39, 0.29) is 16.2 Å². The average molecular weight is 425 g/mol. The standard InChI is InChI=1S/C21H19N3O5S/c1-3-28-15-8-6-14(7-9-15)23-30(26,27)16-10-11-18-17(13-16)21(25)24(2)20-19(29-18)5-4-12-22-20/h4-13,23H,3H2,1-2H3. The first-order valence-electron chi connectivity index (χ1n) is 9.19. The van der Waals surface area contributed by atoms with Crippen molar-refractivity contribution in [3.8, 4) is 17.2 Å². The van der Waals surface area contributed by atoms with Gasteiger partial charge in [-0.3, -0.25) is 14.4 Å². The number of hydrogen-bond donors (Lipinski definition) is 1. The van der Waals surface area contributed by atoms with Crippen LogP contribution in [0.25, 0.3) is 0 Å². The third-order valence-corrected chi connectivity index (χ3v) is 5.88. The molecule has 0 atom stereocenters. The summed E-state index contributed by atoms with van der Waals surface area (Å²) in [7, 11) is -2.36. The third kappa shape index (κ3) is 3.67. The number of carbonyl (C=O) groups is 1. The molecule has 2 aromatic carbocycles. The number of aromatic nitrogens is 1. The molecule has 9 heteroatoms. The Kier molecular flexibility index (Phi) is 5.04. The number of pyridine rings is 1. The number of fused-ring (bicyclic) bond motifs is 2. The van der Waals surface area contributed by atoms with Gasteiger partial charge in [0.1, 0.15) is 11.5 Å². The van der Waals surface area contributed by atoms with E-state index in [0.717, 1.165) is 0 Å². The fourth-order valence-corrected chi connectivity index (χ4v) is 4.13. The Morgan fingerprint density at radius 2 is 1.87 bits per heavy atom. The van der Waals surface area contributed by atoms with Gasteiger partial charge in [0.15, 0.2) is 11.6 Å². The summed E-state index contributed by atoms with van der Waals surface area (Å²) >= 11 is 0. The lowest BCUT2D eigenvalue weighted by atomic mass is 10.2. The van der Waals surface area contributed by atoms with Crippen LogP contribution in [0.5, 0.6) is 17.2 Å². The fraction of sp³-hybridized carbons (Fsp3) is 0.143. The minimum absolute atomic E-state index is 0.0561. The molecule has 1 aromatic heterocycles. The van der Waals surface area contributed by atoms with Crippen LogP contribution in [0.2, 0.25) is 0 Å². The number of amides is 1. The molecule has 0 saturated carbocycles. The van der Waals surface area contributed by atoms with Crippen LogP contribution in [0.15, 0.2) is 65.7 Å². The molecule has 0 radical (unpaired) electrons. The van der Waals surface area contributed by atoms with Crippen molar-refractivity contribution in [3.63, 3.8) is 0 Å². The molecule has 0 aliphatic carbocycles. The zero-order valence-electron chi connectivity index (χ0n) is 16.3. The van der Waals surface area contributed by atoms with Crippen molar-refractivity contribution in [1.29, 1.82) is 0 Å². The van der Waals surface area contributed by atoms with Gasteiger partial charge in [0.25, 0.3) is 15.9 Å². The number of sulfonamides is 1. The first-order valence-corrected chi connectivity index (χ1v) is 10.7. The van der Waals surface area contributed by atoms with E-state index in [4.69, 9.17) is 9.47 Å². The van der Waals surface area contributed by atoms with Crippen molar-refractivity contribution in [3.05, 3.63) is 66.4 Å². The van der Waals surface area contributed by atoms with Crippen LogP contribution < -0.4 is 19.1 Å². The van der Waals surface area contributed by atoms with E-state index in [1.807, 2.05) is 6.92 Å². The van der Waals surface area contributed by atoms with Crippen LogP contribution in [0.1, 0.15) is 17.3 Å². The highest BCUT2D eigenvalue weighted by Crippen LogP contribution is 2.37. The highest BCUT2D eigenvalue weighted by atomic mass is 32.2. The maximum atomic E-state index is 12.9. The second-order valence-electron chi connectivity index (χ2n) is 6.51. The topological polar surface area (TPSA) is 97.8 Å². The van der Waals surface area contributed by atoms with Crippen LogP contribution in [0.4, 0.5) is 11.5 Å². The summed E-state index contributed by atoms with van der Waals surface area (Å²) in [6.07, 6.45) is 1.55. The Labute approximate surface area is 174 Å². The van der Waals surface area contributed by atoms with Crippen molar-refractivity contribution in [1.82, 2.24) is 4.98 Å². The van der Waals surface area contributed by atoms with Crippen molar-refractivity contribution in [2.45, 2.75) is 11.8 Å². The number of rotatable bonds is 5. The monoisotopic (exact) mass is 425 g/mol. The zero-order chi connectivity index (χ0) is 21.3. The number of nitrogens with one attached hydrogen (secondary N) is 1. The molecular weight excluding hydrogens is 406 g/mol. The molecule has 30 heavy (non-hydrogen) atoms. The van der Waals surface area contributed by atoms with Gasteiger partial charge in [0.05, 0.1) is 17.1 Å². The average Bonchev–Trinajstić information content (AvgIpc) is 2.84. The van der Waals surface area contributed by atoms with Crippen molar-refractivity contribution in [2.75, 3.05) is 23.3 Å². The van der Waals surface area contributed by atoms with E-state index < -0.39 is 15.9 Å². The molecule has 2 heterocycles. The lowest BCUT2D eigenvalue weighted by molar-refractivity contribution is 0.0992. The van der Waals surface area contributed by atoms with Crippen molar-refractivity contribution < 1.29 is 22.7 Å². The van der Waals surface area contributed by atoms with Gasteiger partial charge in [0.2, 0.25) is 0 Å². The minimum atomic E-state index is -3.92. The number of carbonyl (C=O) groups excluding carboxylic acids is 1. The molecule has 1 amide bonds. The third-order valence-electron chi connectivity index (χ3n) is 4.50. The van der Waals surface area contributed by atoms with E-state index in [1.54, 1.807) is 49.6 Å². The number of nitrogens with zero attached hydrogens (tertiary/aromatic N) is 2. The molecule has 3 aromatic rings. The van der Waals surface area contributed by atoms with Crippen LogP contribution in [0.3, 0.4) is 0 Å². The highest BCUT2D eigenvalue weighted by molar-refractivity contribution is 7.92. The number of benzene rings is 2. The van der Waals surface area contributed by atoms with Gasteiger partial charge in [-0.15, -0.1) is 0 Å². The SMILES string of the molecule is CCOc1ccc(NS(=O)(=O)c2ccc3c(c2)C(=O)N(C)c2ncccc2O3)cc1. The molecular formula is C21H19N3O5S. The van der Waals surface area contributed by atoms with E-state index >= 15 is 0 Å². The van der Waals surface area contributed by atoms with E-state index in [2.05, 4.69) is 9.71 Å². The molecule has 1 aliphatic heterocycles. The molecule has 8 nitrogen and oxygen atoms in total. The molecule has 0 spiro atoms. The summed E-state index contributed by atoms with van der Waals surface area (Å²) in [5.74, 6) is 1.26. The van der Waals surface area contributed by atoms with E-state index in [0.29, 0.717) is 29.6 Å². The Hall–Kier alpha value is -3.59. The normalized spacial score (nSPS) is 13.0. The number of hydrogen-bond acceptors (Lipinski definition) is 6. The van der Waals surface area contributed by atoms with Gasteiger partial charge < -0.3 is 9.47 Å². The number of anilines is 2. The molecule has 1 aliphatic rings. The molecule has 0 saturated heterocycles. The predicted molar refractivity (Wildman–Crippen MR) is 112 cm³/mol. The largest absolute Gasteiger partial charge is 0.494 e. The summed E-state index contributed by atoms with van der Waals surface area (Å²) in [6.45, 7) is 2.39. The second kappa shape index (κ2) is 7.68. The first kappa shape index (κ1) is 19.7. The second-order valence-corrected chi connectivity index (χ2v) is 8.19. The minimum Gasteiger partial charge on any atom is -0.494 e. The smallest absolute Gasteiger partial charge is 0.263 e. The summed E-state index contributed by atoms with van der Waals surface area (Å²) in [4.78, 5) is 18.4. The molecule has 0 fully saturated rings. The highest BCUT2D eigenvalue weighted by Gasteiger charge is 2.28. The molecule has 154 valence electrons. The first-order chi connectivity index (χ1) is 14.4. The Bertz CT molecular complexity index is 1210. The lowest BCUT2D eigenvalue weighted by Crippen LogP contribution is -2.26. The summed E-state index contributed by atoms with van der Waals surface area (Å²) in [5.41, 5.74) is 0.509. The van der Waals surface area contributed by atoms with Crippen LogP contribution in [-0.2, 0) is 10.0 Å². The molecule has 0 unspecified atom stereocenters. The summed E-state index contributed by atoms with van der Waals surface area (Å²) in [5, 5.41) is 0. The quantitative estimate of drug-likeness (QED) is 0.670. The van der Waals surface area contributed by atoms with Gasteiger partial charge >= 0.3 is 0 Å². The van der Waals surface area contributed by atoms with Crippen LogP contribution in [-0.4, -0.2) is 33.0 Å². The predicted octanol–water partition coefficient (Wildman–Crippen LogP) is 3.66. The molecule has 4 rings (SSSR count). The van der Waals surface area contributed by atoms with Gasteiger partial charge in [-0.1, -0.05) is 0 Å².